The van der Waals surface area contributed by atoms with Crippen LogP contribution in [0.4, 0.5) is 0 Å². The Kier molecular flexibility index (Phi) is 2.01. The van der Waals surface area contributed by atoms with Gasteiger partial charge in [-0.25, -0.2) is 0 Å². The lowest BCUT2D eigenvalue weighted by atomic mass is 9.51. The second-order valence-electron chi connectivity index (χ2n) is 4.18. The SMILES string of the molecule is C=C[C@@]1(O)[C@H](CC#N)CC1(C)C. The minimum Gasteiger partial charge on any atom is -0.385 e. The number of hydrogen-bond acceptors (Lipinski definition) is 2. The first-order valence-corrected chi connectivity index (χ1v) is 4.21. The van der Waals surface area contributed by atoms with Crippen molar-refractivity contribution in [3.05, 3.63) is 12.7 Å². The molecule has 0 radical (unpaired) electrons. The number of nitrogens with zero attached hydrogens (tertiary/aromatic N) is 1. The van der Waals surface area contributed by atoms with Gasteiger partial charge < -0.3 is 5.11 Å². The zero-order chi connectivity index (χ0) is 9.41. The molecule has 2 atom stereocenters. The van der Waals surface area contributed by atoms with Gasteiger partial charge in [0.25, 0.3) is 0 Å². The second kappa shape index (κ2) is 2.60. The molecule has 0 aromatic heterocycles. The third-order valence-electron chi connectivity index (χ3n) is 3.11. The number of hydrogen-bond donors (Lipinski definition) is 1. The fourth-order valence-electron chi connectivity index (χ4n) is 2.14. The van der Waals surface area contributed by atoms with Crippen molar-refractivity contribution in [3.8, 4) is 6.07 Å². The Hall–Kier alpha value is -0.810. The molecule has 0 amide bonds. The predicted octanol–water partition coefficient (Wildman–Crippen LogP) is 1.86. The zero-order valence-electron chi connectivity index (χ0n) is 7.67. The fourth-order valence-corrected chi connectivity index (χ4v) is 2.14. The molecule has 2 heteroatoms. The molecule has 0 aliphatic heterocycles. The maximum Gasteiger partial charge on any atom is 0.0913 e. The molecule has 0 aromatic carbocycles. The lowest BCUT2D eigenvalue weighted by Gasteiger charge is -2.56. The average Bonchev–Trinajstić information content (AvgIpc) is 2.02. The highest BCUT2D eigenvalue weighted by atomic mass is 16.3. The lowest BCUT2D eigenvalue weighted by Crippen LogP contribution is -2.59. The quantitative estimate of drug-likeness (QED) is 0.635. The molecule has 1 aliphatic carbocycles. The van der Waals surface area contributed by atoms with Crippen LogP contribution in [0.15, 0.2) is 12.7 Å². The smallest absolute Gasteiger partial charge is 0.0913 e. The largest absolute Gasteiger partial charge is 0.385 e. The first-order chi connectivity index (χ1) is 5.48. The predicted molar refractivity (Wildman–Crippen MR) is 47.3 cm³/mol. The molecule has 0 saturated heterocycles. The molecular weight excluding hydrogens is 150 g/mol. The zero-order valence-corrected chi connectivity index (χ0v) is 7.67. The van der Waals surface area contributed by atoms with Crippen molar-refractivity contribution in [1.82, 2.24) is 0 Å². The van der Waals surface area contributed by atoms with Crippen LogP contribution in [0, 0.1) is 22.7 Å². The summed E-state index contributed by atoms with van der Waals surface area (Å²) in [6.45, 7) is 7.63. The molecule has 0 heterocycles. The van der Waals surface area contributed by atoms with Gasteiger partial charge in [0.15, 0.2) is 0 Å². The first kappa shape index (κ1) is 9.28. The van der Waals surface area contributed by atoms with Gasteiger partial charge in [0.2, 0.25) is 0 Å². The molecule has 1 N–H and O–H groups in total. The van der Waals surface area contributed by atoms with Crippen molar-refractivity contribution >= 4 is 0 Å². The van der Waals surface area contributed by atoms with Crippen molar-refractivity contribution in [2.45, 2.75) is 32.3 Å². The fraction of sp³-hybridized carbons (Fsp3) is 0.700. The summed E-state index contributed by atoms with van der Waals surface area (Å²) in [5.74, 6) is 0.0787. The molecule has 1 fully saturated rings. The minimum absolute atomic E-state index is 0.0787. The molecule has 1 saturated carbocycles. The highest BCUT2D eigenvalue weighted by Gasteiger charge is 2.57. The van der Waals surface area contributed by atoms with Crippen LogP contribution in [0.5, 0.6) is 0 Å². The van der Waals surface area contributed by atoms with E-state index in [1.54, 1.807) is 6.08 Å². The highest BCUT2D eigenvalue weighted by molar-refractivity contribution is 5.18. The van der Waals surface area contributed by atoms with Gasteiger partial charge in [-0.1, -0.05) is 19.9 Å². The summed E-state index contributed by atoms with van der Waals surface area (Å²) >= 11 is 0. The summed E-state index contributed by atoms with van der Waals surface area (Å²) in [6, 6.07) is 2.09. The van der Waals surface area contributed by atoms with Crippen molar-refractivity contribution in [1.29, 1.82) is 5.26 Å². The van der Waals surface area contributed by atoms with E-state index in [0.717, 1.165) is 6.42 Å². The molecule has 0 bridgehead atoms. The third-order valence-corrected chi connectivity index (χ3v) is 3.11. The van der Waals surface area contributed by atoms with E-state index in [2.05, 4.69) is 12.6 Å². The molecule has 0 aromatic rings. The topological polar surface area (TPSA) is 44.0 Å². The van der Waals surface area contributed by atoms with Crippen LogP contribution in [0.25, 0.3) is 0 Å². The summed E-state index contributed by atoms with van der Waals surface area (Å²) in [7, 11) is 0. The van der Waals surface area contributed by atoms with E-state index in [-0.39, 0.29) is 11.3 Å². The van der Waals surface area contributed by atoms with Gasteiger partial charge >= 0.3 is 0 Å². The highest BCUT2D eigenvalue weighted by Crippen LogP contribution is 2.55. The normalized spacial score (nSPS) is 38.0. The van der Waals surface area contributed by atoms with E-state index in [4.69, 9.17) is 5.26 Å². The maximum absolute atomic E-state index is 10.1. The van der Waals surface area contributed by atoms with Crippen LogP contribution in [0.2, 0.25) is 0 Å². The van der Waals surface area contributed by atoms with Crippen LogP contribution in [0.1, 0.15) is 26.7 Å². The van der Waals surface area contributed by atoms with E-state index >= 15 is 0 Å². The Balaban J connectivity index is 2.78. The molecule has 1 aliphatic rings. The first-order valence-electron chi connectivity index (χ1n) is 4.21. The molecule has 12 heavy (non-hydrogen) atoms. The van der Waals surface area contributed by atoms with Crippen LogP contribution < -0.4 is 0 Å². The summed E-state index contributed by atoms with van der Waals surface area (Å²) in [5, 5.41) is 18.6. The average molecular weight is 165 g/mol. The van der Waals surface area contributed by atoms with Crippen molar-refractivity contribution < 1.29 is 5.11 Å². The third kappa shape index (κ3) is 0.971. The summed E-state index contributed by atoms with van der Waals surface area (Å²) in [5.41, 5.74) is -0.945. The maximum atomic E-state index is 10.1. The Labute approximate surface area is 73.5 Å². The van der Waals surface area contributed by atoms with Crippen LogP contribution in [-0.4, -0.2) is 10.7 Å². The van der Waals surface area contributed by atoms with E-state index in [1.807, 2.05) is 13.8 Å². The van der Waals surface area contributed by atoms with Crippen molar-refractivity contribution in [3.63, 3.8) is 0 Å². The minimum atomic E-state index is -0.831. The Morgan fingerprint density at radius 1 is 1.75 bits per heavy atom. The molecular formula is C10H15NO. The number of rotatable bonds is 2. The van der Waals surface area contributed by atoms with Crippen LogP contribution in [-0.2, 0) is 0 Å². The summed E-state index contributed by atoms with van der Waals surface area (Å²) < 4.78 is 0. The van der Waals surface area contributed by atoms with Gasteiger partial charge in [0, 0.05) is 12.3 Å². The molecule has 0 unspecified atom stereocenters. The van der Waals surface area contributed by atoms with Gasteiger partial charge in [-0.05, 0) is 11.8 Å². The van der Waals surface area contributed by atoms with Gasteiger partial charge in [0.05, 0.1) is 11.7 Å². The number of nitriles is 1. The molecule has 2 nitrogen and oxygen atoms in total. The van der Waals surface area contributed by atoms with E-state index in [1.165, 1.54) is 0 Å². The van der Waals surface area contributed by atoms with Gasteiger partial charge in [-0.2, -0.15) is 5.26 Å². The van der Waals surface area contributed by atoms with Gasteiger partial charge in [-0.15, -0.1) is 6.58 Å². The Morgan fingerprint density at radius 3 is 2.67 bits per heavy atom. The second-order valence-corrected chi connectivity index (χ2v) is 4.18. The molecule has 66 valence electrons. The summed E-state index contributed by atoms with van der Waals surface area (Å²) in [4.78, 5) is 0. The monoisotopic (exact) mass is 165 g/mol. The standard InChI is InChI=1S/C10H15NO/c1-4-10(12)8(5-6-11)7-9(10,2)3/h4,8,12H,1,5,7H2,2-3H3/t8-,10-/m1/s1. The molecule has 0 spiro atoms. The van der Waals surface area contributed by atoms with E-state index in [9.17, 15) is 5.11 Å². The van der Waals surface area contributed by atoms with E-state index in [0.29, 0.717) is 6.42 Å². The van der Waals surface area contributed by atoms with Crippen molar-refractivity contribution in [2.24, 2.45) is 11.3 Å². The van der Waals surface area contributed by atoms with Gasteiger partial charge in [0.1, 0.15) is 0 Å². The van der Waals surface area contributed by atoms with Crippen LogP contribution >= 0.6 is 0 Å². The van der Waals surface area contributed by atoms with Gasteiger partial charge in [-0.3, -0.25) is 0 Å². The Morgan fingerprint density at radius 2 is 2.33 bits per heavy atom. The summed E-state index contributed by atoms with van der Waals surface area (Å²) in [6.07, 6.45) is 2.91. The van der Waals surface area contributed by atoms with Crippen molar-refractivity contribution in [2.75, 3.05) is 0 Å². The number of aliphatic hydroxyl groups is 1. The van der Waals surface area contributed by atoms with E-state index < -0.39 is 5.60 Å². The Bertz CT molecular complexity index is 239. The molecule has 1 rings (SSSR count). The lowest BCUT2D eigenvalue weighted by molar-refractivity contribution is -0.162. The van der Waals surface area contributed by atoms with Crippen LogP contribution in [0.3, 0.4) is 0 Å².